The zero-order valence-corrected chi connectivity index (χ0v) is 12.4. The number of aryl methyl sites for hydroxylation is 2. The second kappa shape index (κ2) is 8.09. The van der Waals surface area contributed by atoms with Gasteiger partial charge in [-0.15, -0.1) is 0 Å². The first-order valence-corrected chi connectivity index (χ1v) is 7.26. The Bertz CT molecular complexity index is 550. The van der Waals surface area contributed by atoms with Gasteiger partial charge in [0.25, 0.3) is 0 Å². The summed E-state index contributed by atoms with van der Waals surface area (Å²) in [5, 5.41) is 5.71. The maximum Gasteiger partial charge on any atom is 0.314 e. The summed E-state index contributed by atoms with van der Waals surface area (Å²) in [7, 11) is 1.93. The fourth-order valence-corrected chi connectivity index (χ4v) is 2.10. The number of nitrogens with one attached hydrogen (secondary N) is 2. The number of nitrogens with zero attached hydrogens (tertiary/aromatic N) is 2. The van der Waals surface area contributed by atoms with Crippen molar-refractivity contribution >= 4 is 6.03 Å². The average Bonchev–Trinajstić information content (AvgIpc) is 2.90. The van der Waals surface area contributed by atoms with Crippen LogP contribution in [0, 0.1) is 0 Å². The van der Waals surface area contributed by atoms with Gasteiger partial charge in [-0.3, -0.25) is 0 Å². The first kappa shape index (κ1) is 15.1. The Hall–Kier alpha value is -2.30. The molecule has 0 spiro atoms. The van der Waals surface area contributed by atoms with Crippen LogP contribution >= 0.6 is 0 Å². The SMILES string of the molecule is Cn1cnc(CCNC(=O)NCCCc2ccccc2)c1. The molecule has 1 aromatic carbocycles. The smallest absolute Gasteiger partial charge is 0.314 e. The van der Waals surface area contributed by atoms with Crippen LogP contribution in [-0.2, 0) is 19.9 Å². The van der Waals surface area contributed by atoms with Crippen molar-refractivity contribution in [2.45, 2.75) is 19.3 Å². The number of carbonyl (C=O) groups is 1. The lowest BCUT2D eigenvalue weighted by atomic mass is 10.1. The van der Waals surface area contributed by atoms with Crippen LogP contribution in [0.1, 0.15) is 17.7 Å². The van der Waals surface area contributed by atoms with Crippen molar-refractivity contribution in [1.82, 2.24) is 20.2 Å². The second-order valence-electron chi connectivity index (χ2n) is 5.05. The van der Waals surface area contributed by atoms with Crippen LogP contribution in [0.3, 0.4) is 0 Å². The summed E-state index contributed by atoms with van der Waals surface area (Å²) in [6, 6.07) is 10.2. The minimum atomic E-state index is -0.112. The summed E-state index contributed by atoms with van der Waals surface area (Å²) < 4.78 is 1.90. The Kier molecular flexibility index (Phi) is 5.82. The third-order valence-electron chi connectivity index (χ3n) is 3.20. The Morgan fingerprint density at radius 3 is 2.62 bits per heavy atom. The lowest BCUT2D eigenvalue weighted by Crippen LogP contribution is -2.37. The van der Waals surface area contributed by atoms with Crippen molar-refractivity contribution in [1.29, 1.82) is 0 Å². The van der Waals surface area contributed by atoms with E-state index in [1.807, 2.05) is 36.0 Å². The van der Waals surface area contributed by atoms with Crippen LogP contribution < -0.4 is 10.6 Å². The van der Waals surface area contributed by atoms with Gasteiger partial charge in [0.15, 0.2) is 0 Å². The zero-order chi connectivity index (χ0) is 14.9. The van der Waals surface area contributed by atoms with Gasteiger partial charge in [-0.2, -0.15) is 0 Å². The molecule has 0 saturated carbocycles. The van der Waals surface area contributed by atoms with Crippen LogP contribution in [0.15, 0.2) is 42.9 Å². The molecular weight excluding hydrogens is 264 g/mol. The molecule has 0 aliphatic rings. The lowest BCUT2D eigenvalue weighted by molar-refractivity contribution is 0.241. The Labute approximate surface area is 125 Å². The molecule has 0 unspecified atom stereocenters. The van der Waals surface area contributed by atoms with Gasteiger partial charge in [-0.05, 0) is 18.4 Å². The van der Waals surface area contributed by atoms with Crippen molar-refractivity contribution in [3.63, 3.8) is 0 Å². The number of hydrogen-bond acceptors (Lipinski definition) is 2. The third-order valence-corrected chi connectivity index (χ3v) is 3.20. The number of amides is 2. The molecule has 0 aliphatic heterocycles. The quantitative estimate of drug-likeness (QED) is 0.764. The fourth-order valence-electron chi connectivity index (χ4n) is 2.10. The molecule has 0 atom stereocenters. The maximum absolute atomic E-state index is 11.6. The molecule has 0 saturated heterocycles. The highest BCUT2D eigenvalue weighted by Crippen LogP contribution is 2.01. The van der Waals surface area contributed by atoms with Crippen molar-refractivity contribution in [3.05, 3.63) is 54.1 Å². The molecular formula is C16H22N4O. The van der Waals surface area contributed by atoms with E-state index in [0.29, 0.717) is 13.1 Å². The van der Waals surface area contributed by atoms with Gasteiger partial charge in [-0.25, -0.2) is 9.78 Å². The van der Waals surface area contributed by atoms with E-state index in [2.05, 4.69) is 27.8 Å². The van der Waals surface area contributed by atoms with Crippen LogP contribution in [0.4, 0.5) is 4.79 Å². The van der Waals surface area contributed by atoms with E-state index in [9.17, 15) is 4.79 Å². The first-order chi connectivity index (χ1) is 10.2. The molecule has 112 valence electrons. The van der Waals surface area contributed by atoms with E-state index in [4.69, 9.17) is 0 Å². The number of urea groups is 1. The number of carbonyl (C=O) groups excluding carboxylic acids is 1. The van der Waals surface area contributed by atoms with Gasteiger partial charge < -0.3 is 15.2 Å². The van der Waals surface area contributed by atoms with E-state index in [0.717, 1.165) is 25.0 Å². The Balaban J connectivity index is 1.53. The van der Waals surface area contributed by atoms with Gasteiger partial charge in [0.2, 0.25) is 0 Å². The topological polar surface area (TPSA) is 59.0 Å². The van der Waals surface area contributed by atoms with Gasteiger partial charge >= 0.3 is 6.03 Å². The summed E-state index contributed by atoms with van der Waals surface area (Å²) in [6.45, 7) is 1.28. The lowest BCUT2D eigenvalue weighted by Gasteiger charge is -2.07. The fraction of sp³-hybridized carbons (Fsp3) is 0.375. The highest BCUT2D eigenvalue weighted by atomic mass is 16.2. The Morgan fingerprint density at radius 2 is 1.90 bits per heavy atom. The summed E-state index contributed by atoms with van der Waals surface area (Å²) in [5.41, 5.74) is 2.29. The molecule has 2 aromatic rings. The third kappa shape index (κ3) is 5.69. The second-order valence-corrected chi connectivity index (χ2v) is 5.05. The zero-order valence-electron chi connectivity index (χ0n) is 12.4. The summed E-state index contributed by atoms with van der Waals surface area (Å²) in [4.78, 5) is 15.8. The number of benzene rings is 1. The van der Waals surface area contributed by atoms with Crippen LogP contribution in [-0.4, -0.2) is 28.7 Å². The molecule has 0 aliphatic carbocycles. The number of hydrogen-bond donors (Lipinski definition) is 2. The number of rotatable bonds is 7. The van der Waals surface area contributed by atoms with Crippen molar-refractivity contribution in [3.8, 4) is 0 Å². The monoisotopic (exact) mass is 286 g/mol. The molecule has 1 aromatic heterocycles. The van der Waals surface area contributed by atoms with Crippen LogP contribution in [0.2, 0.25) is 0 Å². The van der Waals surface area contributed by atoms with Crippen molar-refractivity contribution < 1.29 is 4.79 Å². The molecule has 21 heavy (non-hydrogen) atoms. The van der Waals surface area contributed by atoms with E-state index in [1.54, 1.807) is 6.33 Å². The Morgan fingerprint density at radius 1 is 1.14 bits per heavy atom. The standard InChI is InChI=1S/C16H22N4O/c1-20-12-15(19-13-20)9-11-18-16(21)17-10-5-8-14-6-3-2-4-7-14/h2-4,6-7,12-13H,5,8-11H2,1H3,(H2,17,18,21). The molecule has 0 radical (unpaired) electrons. The van der Waals surface area contributed by atoms with Gasteiger partial charge in [0.05, 0.1) is 12.0 Å². The number of aromatic nitrogens is 2. The molecule has 5 nitrogen and oxygen atoms in total. The van der Waals surface area contributed by atoms with Gasteiger partial charge in [0.1, 0.15) is 0 Å². The highest BCUT2D eigenvalue weighted by Gasteiger charge is 2.01. The summed E-state index contributed by atoms with van der Waals surface area (Å²) in [6.07, 6.45) is 6.39. The van der Waals surface area contributed by atoms with Crippen molar-refractivity contribution in [2.75, 3.05) is 13.1 Å². The molecule has 2 rings (SSSR count). The molecule has 2 amide bonds. The summed E-state index contributed by atoms with van der Waals surface area (Å²) in [5.74, 6) is 0. The maximum atomic E-state index is 11.6. The first-order valence-electron chi connectivity index (χ1n) is 7.26. The predicted molar refractivity (Wildman–Crippen MR) is 83.1 cm³/mol. The van der Waals surface area contributed by atoms with Crippen LogP contribution in [0.5, 0.6) is 0 Å². The molecule has 1 heterocycles. The molecule has 2 N–H and O–H groups in total. The number of imidazole rings is 1. The van der Waals surface area contributed by atoms with E-state index in [1.165, 1.54) is 5.56 Å². The van der Waals surface area contributed by atoms with Gasteiger partial charge in [0, 0.05) is 32.8 Å². The van der Waals surface area contributed by atoms with E-state index in [-0.39, 0.29) is 6.03 Å². The minimum Gasteiger partial charge on any atom is -0.340 e. The van der Waals surface area contributed by atoms with Gasteiger partial charge in [-0.1, -0.05) is 30.3 Å². The predicted octanol–water partition coefficient (Wildman–Crippen LogP) is 1.89. The molecule has 5 heteroatoms. The molecule has 0 bridgehead atoms. The van der Waals surface area contributed by atoms with E-state index < -0.39 is 0 Å². The molecule has 0 fully saturated rings. The summed E-state index contributed by atoms with van der Waals surface area (Å²) >= 11 is 0. The van der Waals surface area contributed by atoms with Crippen molar-refractivity contribution in [2.24, 2.45) is 7.05 Å². The van der Waals surface area contributed by atoms with Crippen LogP contribution in [0.25, 0.3) is 0 Å². The highest BCUT2D eigenvalue weighted by molar-refractivity contribution is 5.73. The minimum absolute atomic E-state index is 0.112. The largest absolute Gasteiger partial charge is 0.340 e. The van der Waals surface area contributed by atoms with E-state index >= 15 is 0 Å². The normalized spacial score (nSPS) is 10.3. The average molecular weight is 286 g/mol.